The molecule has 20 heavy (non-hydrogen) atoms. The van der Waals surface area contributed by atoms with Gasteiger partial charge in [-0.15, -0.1) is 0 Å². The van der Waals surface area contributed by atoms with Crippen LogP contribution in [-0.4, -0.2) is 30.7 Å². The van der Waals surface area contributed by atoms with Crippen molar-refractivity contribution in [2.24, 2.45) is 5.73 Å². The average Bonchev–Trinajstić information content (AvgIpc) is 2.34. The van der Waals surface area contributed by atoms with Crippen molar-refractivity contribution in [3.8, 4) is 0 Å². The van der Waals surface area contributed by atoms with Gasteiger partial charge in [0.25, 0.3) is 0 Å². The smallest absolute Gasteiger partial charge is 0.322 e. The van der Waals surface area contributed by atoms with Gasteiger partial charge in [0.1, 0.15) is 11.6 Å². The fourth-order valence-corrected chi connectivity index (χ4v) is 1.83. The molecule has 5 heteroatoms. The molecule has 2 N–H and O–H groups in total. The largest absolute Gasteiger partial charge is 0.468 e. The summed E-state index contributed by atoms with van der Waals surface area (Å²) in [6, 6.07) is -0.512. The maximum atomic E-state index is 11.5. The zero-order chi connectivity index (χ0) is 15.6. The van der Waals surface area contributed by atoms with Crippen molar-refractivity contribution in [3.63, 3.8) is 0 Å². The number of nitrogens with two attached hydrogens (primary N) is 1. The van der Waals surface area contributed by atoms with Gasteiger partial charge in [-0.05, 0) is 33.6 Å². The summed E-state index contributed by atoms with van der Waals surface area (Å²) < 4.78 is 9.79. The van der Waals surface area contributed by atoms with Crippen molar-refractivity contribution >= 4 is 11.9 Å². The van der Waals surface area contributed by atoms with E-state index in [4.69, 9.17) is 10.5 Å². The van der Waals surface area contributed by atoms with Crippen molar-refractivity contribution in [2.45, 2.75) is 77.4 Å². The Kier molecular flexibility index (Phi) is 9.21. The van der Waals surface area contributed by atoms with Crippen LogP contribution in [-0.2, 0) is 19.1 Å². The fourth-order valence-electron chi connectivity index (χ4n) is 1.83. The van der Waals surface area contributed by atoms with Gasteiger partial charge in [0, 0.05) is 6.42 Å². The first kappa shape index (κ1) is 18.9. The van der Waals surface area contributed by atoms with Gasteiger partial charge in [-0.3, -0.25) is 9.59 Å². The third kappa shape index (κ3) is 10.8. The average molecular weight is 287 g/mol. The third-order valence-electron chi connectivity index (χ3n) is 2.82. The van der Waals surface area contributed by atoms with Crippen LogP contribution in [0, 0.1) is 0 Å². The first-order valence-corrected chi connectivity index (χ1v) is 7.31. The molecule has 0 unspecified atom stereocenters. The SMILES string of the molecule is COC(=O)[C@H](N)CCCCCCCC(=O)OC(C)(C)C. The van der Waals surface area contributed by atoms with Crippen LogP contribution >= 0.6 is 0 Å². The zero-order valence-electron chi connectivity index (χ0n) is 13.2. The quantitative estimate of drug-likeness (QED) is 0.521. The number of hydrogen-bond acceptors (Lipinski definition) is 5. The lowest BCUT2D eigenvalue weighted by atomic mass is 10.1. The lowest BCUT2D eigenvalue weighted by Gasteiger charge is -2.19. The van der Waals surface area contributed by atoms with Gasteiger partial charge in [-0.1, -0.05) is 25.7 Å². The number of esters is 2. The zero-order valence-corrected chi connectivity index (χ0v) is 13.2. The number of hydrogen-bond donors (Lipinski definition) is 1. The van der Waals surface area contributed by atoms with Crippen LogP contribution in [0.3, 0.4) is 0 Å². The van der Waals surface area contributed by atoms with Crippen molar-refractivity contribution in [2.75, 3.05) is 7.11 Å². The molecule has 118 valence electrons. The summed E-state index contributed by atoms with van der Waals surface area (Å²) in [6.07, 6.45) is 5.92. The Hall–Kier alpha value is -1.10. The molecule has 0 aliphatic heterocycles. The Labute approximate surface area is 122 Å². The Morgan fingerprint density at radius 1 is 1.05 bits per heavy atom. The van der Waals surface area contributed by atoms with E-state index in [1.54, 1.807) is 0 Å². The highest BCUT2D eigenvalue weighted by Gasteiger charge is 2.15. The molecule has 0 spiro atoms. The van der Waals surface area contributed by atoms with Crippen LogP contribution in [0.1, 0.15) is 65.7 Å². The highest BCUT2D eigenvalue weighted by atomic mass is 16.6. The number of carbonyl (C=O) groups is 2. The van der Waals surface area contributed by atoms with E-state index in [-0.39, 0.29) is 11.9 Å². The molecular formula is C15H29NO4. The molecule has 0 bridgehead atoms. The standard InChI is InChI=1S/C15H29NO4/c1-15(2,3)20-13(17)11-9-7-5-6-8-10-12(16)14(18)19-4/h12H,5-11,16H2,1-4H3/t12-/m1/s1. The predicted molar refractivity (Wildman–Crippen MR) is 78.2 cm³/mol. The summed E-state index contributed by atoms with van der Waals surface area (Å²) in [6.45, 7) is 5.61. The van der Waals surface area contributed by atoms with E-state index in [0.717, 1.165) is 32.1 Å². The highest BCUT2D eigenvalue weighted by Crippen LogP contribution is 2.12. The van der Waals surface area contributed by atoms with E-state index in [2.05, 4.69) is 4.74 Å². The fraction of sp³-hybridized carbons (Fsp3) is 0.867. The number of carbonyl (C=O) groups excluding carboxylic acids is 2. The van der Waals surface area contributed by atoms with Crippen LogP contribution in [0.4, 0.5) is 0 Å². The van der Waals surface area contributed by atoms with Gasteiger partial charge in [0.15, 0.2) is 0 Å². The molecule has 0 aliphatic rings. The lowest BCUT2D eigenvalue weighted by molar-refractivity contribution is -0.155. The molecule has 0 aromatic rings. The van der Waals surface area contributed by atoms with E-state index in [1.807, 2.05) is 20.8 Å². The molecule has 0 saturated heterocycles. The number of rotatable bonds is 9. The van der Waals surface area contributed by atoms with E-state index in [1.165, 1.54) is 7.11 Å². The highest BCUT2D eigenvalue weighted by molar-refractivity contribution is 5.75. The van der Waals surface area contributed by atoms with E-state index in [9.17, 15) is 9.59 Å². The predicted octanol–water partition coefficient (Wildman–Crippen LogP) is 2.56. The first-order valence-electron chi connectivity index (χ1n) is 7.31. The number of ether oxygens (including phenoxy) is 2. The molecule has 0 saturated carbocycles. The summed E-state index contributed by atoms with van der Waals surface area (Å²) in [5.74, 6) is -0.486. The van der Waals surface area contributed by atoms with Gasteiger partial charge < -0.3 is 15.2 Å². The number of unbranched alkanes of at least 4 members (excludes halogenated alkanes) is 4. The molecule has 1 atom stereocenters. The molecule has 0 aromatic heterocycles. The van der Waals surface area contributed by atoms with Crippen LogP contribution in [0.5, 0.6) is 0 Å². The van der Waals surface area contributed by atoms with Crippen molar-refractivity contribution in [1.29, 1.82) is 0 Å². The van der Waals surface area contributed by atoms with Crippen LogP contribution in [0.25, 0.3) is 0 Å². The minimum Gasteiger partial charge on any atom is -0.468 e. The lowest BCUT2D eigenvalue weighted by Crippen LogP contribution is -2.31. The normalized spacial score (nSPS) is 12.8. The van der Waals surface area contributed by atoms with Crippen molar-refractivity contribution < 1.29 is 19.1 Å². The Balaban J connectivity index is 3.46. The summed E-state index contributed by atoms with van der Waals surface area (Å²) in [5, 5.41) is 0. The molecule has 0 fully saturated rings. The summed E-state index contributed by atoms with van der Waals surface area (Å²) >= 11 is 0. The second kappa shape index (κ2) is 9.75. The maximum Gasteiger partial charge on any atom is 0.322 e. The van der Waals surface area contributed by atoms with E-state index >= 15 is 0 Å². The van der Waals surface area contributed by atoms with Crippen molar-refractivity contribution in [3.05, 3.63) is 0 Å². The van der Waals surface area contributed by atoms with E-state index in [0.29, 0.717) is 12.8 Å². The van der Waals surface area contributed by atoms with Crippen molar-refractivity contribution in [1.82, 2.24) is 0 Å². The minimum atomic E-state index is -0.512. The Morgan fingerprint density at radius 2 is 1.60 bits per heavy atom. The van der Waals surface area contributed by atoms with Gasteiger partial charge in [-0.25, -0.2) is 0 Å². The molecular weight excluding hydrogens is 258 g/mol. The molecule has 0 radical (unpaired) electrons. The van der Waals surface area contributed by atoms with Gasteiger partial charge in [0.2, 0.25) is 0 Å². The molecule has 0 aromatic carbocycles. The summed E-state index contributed by atoms with van der Waals surface area (Å²) in [7, 11) is 1.35. The monoisotopic (exact) mass is 287 g/mol. The first-order chi connectivity index (χ1) is 9.26. The maximum absolute atomic E-state index is 11.5. The minimum absolute atomic E-state index is 0.134. The second-order valence-electron chi connectivity index (χ2n) is 6.02. The molecule has 5 nitrogen and oxygen atoms in total. The Morgan fingerprint density at radius 3 is 2.15 bits per heavy atom. The van der Waals surface area contributed by atoms with Crippen LogP contribution < -0.4 is 5.73 Å². The topological polar surface area (TPSA) is 78.6 Å². The molecule has 0 amide bonds. The second-order valence-corrected chi connectivity index (χ2v) is 6.02. The van der Waals surface area contributed by atoms with Gasteiger partial charge in [-0.2, -0.15) is 0 Å². The van der Waals surface area contributed by atoms with Crippen LogP contribution in [0.2, 0.25) is 0 Å². The number of methoxy groups -OCH3 is 1. The van der Waals surface area contributed by atoms with E-state index < -0.39 is 11.6 Å². The molecule has 0 heterocycles. The van der Waals surface area contributed by atoms with Gasteiger partial charge >= 0.3 is 11.9 Å². The van der Waals surface area contributed by atoms with Gasteiger partial charge in [0.05, 0.1) is 7.11 Å². The third-order valence-corrected chi connectivity index (χ3v) is 2.82. The van der Waals surface area contributed by atoms with Crippen LogP contribution in [0.15, 0.2) is 0 Å². The summed E-state index contributed by atoms with van der Waals surface area (Å²) in [5.41, 5.74) is 5.23. The molecule has 0 aliphatic carbocycles. The Bertz CT molecular complexity index is 297. The summed E-state index contributed by atoms with van der Waals surface area (Å²) in [4.78, 5) is 22.5. The molecule has 0 rings (SSSR count).